The fourth-order valence-electron chi connectivity index (χ4n) is 3.47. The van der Waals surface area contributed by atoms with Crippen LogP contribution < -0.4 is 5.32 Å². The Bertz CT molecular complexity index is 755. The standard InChI is InChI=1S/C19H23N3O3/c1-2-17-16(11-20-22(17)12-13-6-4-3-5-7-13)18(23)21-15-9-8-14(10-15)19(24)25/h3-7,11,14-15H,2,8-10,12H2,1H3,(H,21,23)(H,24,25)/t14-,15+/m1/s1. The largest absolute Gasteiger partial charge is 0.481 e. The topological polar surface area (TPSA) is 84.2 Å². The van der Waals surface area contributed by atoms with E-state index in [9.17, 15) is 9.59 Å². The van der Waals surface area contributed by atoms with Gasteiger partial charge in [0.2, 0.25) is 0 Å². The van der Waals surface area contributed by atoms with Gasteiger partial charge in [0.1, 0.15) is 0 Å². The smallest absolute Gasteiger partial charge is 0.306 e. The first kappa shape index (κ1) is 17.2. The van der Waals surface area contributed by atoms with Crippen LogP contribution in [0.4, 0.5) is 0 Å². The van der Waals surface area contributed by atoms with Gasteiger partial charge in [0, 0.05) is 6.04 Å². The summed E-state index contributed by atoms with van der Waals surface area (Å²) in [4.78, 5) is 23.7. The lowest BCUT2D eigenvalue weighted by Gasteiger charge is -2.13. The lowest BCUT2D eigenvalue weighted by molar-refractivity contribution is -0.141. The number of carboxylic acid groups (broad SMARTS) is 1. The van der Waals surface area contributed by atoms with Crippen LogP contribution in [0, 0.1) is 5.92 Å². The summed E-state index contributed by atoms with van der Waals surface area (Å²) >= 11 is 0. The summed E-state index contributed by atoms with van der Waals surface area (Å²) in [6.07, 6.45) is 4.15. The zero-order chi connectivity index (χ0) is 17.8. The Balaban J connectivity index is 1.70. The summed E-state index contributed by atoms with van der Waals surface area (Å²) in [7, 11) is 0. The molecule has 1 heterocycles. The van der Waals surface area contributed by atoms with Crippen molar-refractivity contribution < 1.29 is 14.7 Å². The minimum atomic E-state index is -0.776. The van der Waals surface area contributed by atoms with E-state index in [1.165, 1.54) is 0 Å². The molecule has 1 aromatic carbocycles. The van der Waals surface area contributed by atoms with Crippen molar-refractivity contribution in [2.45, 2.75) is 45.2 Å². The van der Waals surface area contributed by atoms with Crippen LogP contribution in [0.3, 0.4) is 0 Å². The van der Waals surface area contributed by atoms with E-state index < -0.39 is 5.97 Å². The van der Waals surface area contributed by atoms with E-state index in [0.717, 1.165) is 11.3 Å². The molecule has 0 radical (unpaired) electrons. The molecule has 0 saturated heterocycles. The molecular weight excluding hydrogens is 318 g/mol. The van der Waals surface area contributed by atoms with Gasteiger partial charge in [-0.25, -0.2) is 0 Å². The maximum atomic E-state index is 12.6. The molecule has 0 unspecified atom stereocenters. The van der Waals surface area contributed by atoms with Gasteiger partial charge in [0.15, 0.2) is 0 Å². The number of amides is 1. The van der Waals surface area contributed by atoms with Gasteiger partial charge in [0.25, 0.3) is 5.91 Å². The van der Waals surface area contributed by atoms with Crippen LogP contribution in [-0.4, -0.2) is 32.8 Å². The molecule has 1 aromatic heterocycles. The molecule has 2 atom stereocenters. The van der Waals surface area contributed by atoms with E-state index in [1.54, 1.807) is 6.20 Å². The molecule has 1 amide bonds. The van der Waals surface area contributed by atoms with Crippen molar-refractivity contribution >= 4 is 11.9 Å². The Kier molecular flexibility index (Phi) is 5.16. The highest BCUT2D eigenvalue weighted by molar-refractivity contribution is 5.95. The number of hydrogen-bond acceptors (Lipinski definition) is 3. The first-order chi connectivity index (χ1) is 12.1. The van der Waals surface area contributed by atoms with E-state index in [2.05, 4.69) is 10.4 Å². The molecule has 2 aromatic rings. The molecule has 2 N–H and O–H groups in total. The van der Waals surface area contributed by atoms with Crippen LogP contribution in [-0.2, 0) is 17.8 Å². The Morgan fingerprint density at radius 1 is 1.28 bits per heavy atom. The molecule has 1 fully saturated rings. The Morgan fingerprint density at radius 3 is 2.68 bits per heavy atom. The number of carbonyl (C=O) groups is 2. The Hall–Kier alpha value is -2.63. The van der Waals surface area contributed by atoms with E-state index in [-0.39, 0.29) is 17.9 Å². The van der Waals surface area contributed by atoms with Crippen LogP contribution in [0.5, 0.6) is 0 Å². The van der Waals surface area contributed by atoms with Gasteiger partial charge in [-0.15, -0.1) is 0 Å². The number of rotatable bonds is 6. The molecule has 3 rings (SSSR count). The third-order valence-electron chi connectivity index (χ3n) is 4.82. The zero-order valence-electron chi connectivity index (χ0n) is 14.3. The second-order valence-electron chi connectivity index (χ2n) is 6.52. The van der Waals surface area contributed by atoms with Crippen LogP contribution in [0.1, 0.15) is 47.8 Å². The molecule has 132 valence electrons. The van der Waals surface area contributed by atoms with Crippen molar-refractivity contribution in [1.29, 1.82) is 0 Å². The molecule has 1 aliphatic carbocycles. The van der Waals surface area contributed by atoms with E-state index in [4.69, 9.17) is 5.11 Å². The number of nitrogens with zero attached hydrogens (tertiary/aromatic N) is 2. The van der Waals surface area contributed by atoms with Gasteiger partial charge < -0.3 is 10.4 Å². The van der Waals surface area contributed by atoms with Crippen molar-refractivity contribution in [3.05, 3.63) is 53.3 Å². The molecule has 0 spiro atoms. The second-order valence-corrected chi connectivity index (χ2v) is 6.52. The summed E-state index contributed by atoms with van der Waals surface area (Å²) in [5.41, 5.74) is 2.61. The lowest BCUT2D eigenvalue weighted by Crippen LogP contribution is -2.33. The minimum Gasteiger partial charge on any atom is -0.481 e. The van der Waals surface area contributed by atoms with Crippen LogP contribution in [0.15, 0.2) is 36.5 Å². The normalized spacial score (nSPS) is 19.7. The Labute approximate surface area is 146 Å². The number of carboxylic acids is 1. The summed E-state index contributed by atoms with van der Waals surface area (Å²) in [6, 6.07) is 9.93. The fraction of sp³-hybridized carbons (Fsp3) is 0.421. The summed E-state index contributed by atoms with van der Waals surface area (Å²) in [5.74, 6) is -1.29. The monoisotopic (exact) mass is 341 g/mol. The highest BCUT2D eigenvalue weighted by Gasteiger charge is 2.31. The predicted octanol–water partition coefficient (Wildman–Crippen LogP) is 2.48. The molecular formula is C19H23N3O3. The van der Waals surface area contributed by atoms with Gasteiger partial charge >= 0.3 is 5.97 Å². The summed E-state index contributed by atoms with van der Waals surface area (Å²) in [5, 5.41) is 16.4. The number of hydrogen-bond donors (Lipinski definition) is 2. The average Bonchev–Trinajstić information content (AvgIpc) is 3.22. The molecule has 1 saturated carbocycles. The maximum Gasteiger partial charge on any atom is 0.306 e. The highest BCUT2D eigenvalue weighted by Crippen LogP contribution is 2.26. The lowest BCUT2D eigenvalue weighted by atomic mass is 10.1. The minimum absolute atomic E-state index is 0.0734. The molecule has 0 aliphatic heterocycles. The molecule has 6 nitrogen and oxygen atoms in total. The first-order valence-corrected chi connectivity index (χ1v) is 8.70. The van der Waals surface area contributed by atoms with Crippen LogP contribution in [0.25, 0.3) is 0 Å². The van der Waals surface area contributed by atoms with Crippen molar-refractivity contribution in [2.75, 3.05) is 0 Å². The number of aromatic nitrogens is 2. The quantitative estimate of drug-likeness (QED) is 0.845. The maximum absolute atomic E-state index is 12.6. The van der Waals surface area contributed by atoms with Gasteiger partial charge in [-0.05, 0) is 31.2 Å². The second kappa shape index (κ2) is 7.51. The van der Waals surface area contributed by atoms with Crippen molar-refractivity contribution in [3.63, 3.8) is 0 Å². The predicted molar refractivity (Wildman–Crippen MR) is 93.4 cm³/mol. The van der Waals surface area contributed by atoms with Crippen molar-refractivity contribution in [2.24, 2.45) is 5.92 Å². The van der Waals surface area contributed by atoms with Gasteiger partial charge in [-0.3, -0.25) is 14.3 Å². The number of benzene rings is 1. The molecule has 25 heavy (non-hydrogen) atoms. The van der Waals surface area contributed by atoms with Crippen molar-refractivity contribution in [3.8, 4) is 0 Å². The van der Waals surface area contributed by atoms with E-state index in [1.807, 2.05) is 41.9 Å². The fourth-order valence-corrected chi connectivity index (χ4v) is 3.47. The first-order valence-electron chi connectivity index (χ1n) is 8.70. The molecule has 1 aliphatic rings. The van der Waals surface area contributed by atoms with Gasteiger partial charge in [-0.2, -0.15) is 5.10 Å². The van der Waals surface area contributed by atoms with E-state index >= 15 is 0 Å². The SMILES string of the molecule is CCc1c(C(=O)N[C@H]2CC[C@@H](C(=O)O)C2)cnn1Cc1ccccc1. The number of aliphatic carboxylic acids is 1. The third kappa shape index (κ3) is 3.90. The summed E-state index contributed by atoms with van der Waals surface area (Å²) < 4.78 is 1.86. The molecule has 6 heteroatoms. The van der Waals surface area contributed by atoms with Crippen LogP contribution in [0.2, 0.25) is 0 Å². The molecule has 0 bridgehead atoms. The number of carbonyl (C=O) groups excluding carboxylic acids is 1. The summed E-state index contributed by atoms with van der Waals surface area (Å²) in [6.45, 7) is 2.63. The highest BCUT2D eigenvalue weighted by atomic mass is 16.4. The Morgan fingerprint density at radius 2 is 2.04 bits per heavy atom. The van der Waals surface area contributed by atoms with Gasteiger partial charge in [-0.1, -0.05) is 37.3 Å². The van der Waals surface area contributed by atoms with Gasteiger partial charge in [0.05, 0.1) is 29.9 Å². The van der Waals surface area contributed by atoms with Crippen LogP contribution >= 0.6 is 0 Å². The average molecular weight is 341 g/mol. The zero-order valence-corrected chi connectivity index (χ0v) is 14.3. The number of nitrogens with one attached hydrogen (secondary N) is 1. The van der Waals surface area contributed by atoms with E-state index in [0.29, 0.717) is 37.8 Å². The third-order valence-corrected chi connectivity index (χ3v) is 4.82. The van der Waals surface area contributed by atoms with Crippen molar-refractivity contribution in [1.82, 2.24) is 15.1 Å².